The number of ether oxygens (including phenoxy) is 3. The van der Waals surface area contributed by atoms with Gasteiger partial charge in [-0.3, -0.25) is 14.4 Å². The minimum Gasteiger partial charge on any atom is -0.462 e. The third-order valence-electron chi connectivity index (χ3n) is 14.2. The molecule has 0 rings (SSSR count). The molecular formula is C75H124O6. The van der Waals surface area contributed by atoms with Crippen LogP contribution in [0.15, 0.2) is 134 Å². The highest BCUT2D eigenvalue weighted by Crippen LogP contribution is 2.16. The van der Waals surface area contributed by atoms with Gasteiger partial charge >= 0.3 is 17.9 Å². The normalized spacial score (nSPS) is 13.0. The standard InChI is InChI=1S/C75H124O6/c1-4-7-10-13-16-19-22-25-28-30-32-34-35-36-37-38-39-41-42-44-47-50-53-56-59-62-65-68-74(77)80-71-72(70-79-73(76)67-64-61-58-55-52-49-46-27-24-21-18-15-12-9-6-3)81-75(78)69-66-63-60-57-54-51-48-45-43-40-33-31-29-26-23-20-17-14-11-8-5-2/h8-9,11-12,17-18,20-21,26-27,29-30,32-33,40,45-46,48,52,55,61,64,72H,4-7,10,13-16,19,22-25,28,31,34-39,41-44,47,49-51,53-54,56-60,62-63,65-71H2,1-3H3/b11-8-,12-9-,20-17-,21-18-,29-26-,32-30-,40-33-,46-27-,48-45-,55-52-,64-61-. The van der Waals surface area contributed by atoms with Crippen molar-refractivity contribution in [1.82, 2.24) is 0 Å². The fraction of sp³-hybridized carbons (Fsp3) is 0.667. The fourth-order valence-electron chi connectivity index (χ4n) is 9.19. The first-order chi connectivity index (χ1) is 40.0. The minimum atomic E-state index is -0.834. The van der Waals surface area contributed by atoms with Crippen molar-refractivity contribution in [2.24, 2.45) is 0 Å². The Labute approximate surface area is 500 Å². The van der Waals surface area contributed by atoms with Gasteiger partial charge < -0.3 is 14.2 Å². The zero-order chi connectivity index (χ0) is 58.5. The van der Waals surface area contributed by atoms with Gasteiger partial charge in [0.25, 0.3) is 0 Å². The van der Waals surface area contributed by atoms with Crippen LogP contribution in [-0.2, 0) is 28.6 Å². The van der Waals surface area contributed by atoms with Crippen LogP contribution in [0.1, 0.15) is 303 Å². The summed E-state index contributed by atoms with van der Waals surface area (Å²) in [5.74, 6) is -1.07. The molecule has 1 atom stereocenters. The Kier molecular flexibility index (Phi) is 64.3. The van der Waals surface area contributed by atoms with Gasteiger partial charge in [-0.05, 0) is 116 Å². The van der Waals surface area contributed by atoms with Crippen LogP contribution in [0.3, 0.4) is 0 Å². The average Bonchev–Trinajstić information content (AvgIpc) is 3.47. The first-order valence-corrected chi connectivity index (χ1v) is 33.7. The predicted molar refractivity (Wildman–Crippen MR) is 353 cm³/mol. The molecule has 1 unspecified atom stereocenters. The zero-order valence-corrected chi connectivity index (χ0v) is 52.8. The molecule has 0 aromatic carbocycles. The molecule has 0 radical (unpaired) electrons. The lowest BCUT2D eigenvalue weighted by molar-refractivity contribution is -0.166. The number of allylic oxidation sites excluding steroid dienone is 21. The third-order valence-corrected chi connectivity index (χ3v) is 14.2. The molecule has 0 aliphatic rings. The summed E-state index contributed by atoms with van der Waals surface area (Å²) in [6, 6.07) is 0. The Morgan fingerprint density at radius 1 is 0.272 bits per heavy atom. The molecule has 0 aliphatic heterocycles. The summed E-state index contributed by atoms with van der Waals surface area (Å²) >= 11 is 0. The van der Waals surface area contributed by atoms with Crippen molar-refractivity contribution in [1.29, 1.82) is 0 Å². The van der Waals surface area contributed by atoms with E-state index in [0.717, 1.165) is 122 Å². The highest BCUT2D eigenvalue weighted by atomic mass is 16.6. The summed E-state index contributed by atoms with van der Waals surface area (Å²) in [6.07, 6.45) is 96.4. The van der Waals surface area contributed by atoms with Gasteiger partial charge in [0.1, 0.15) is 13.2 Å². The molecule has 0 bridgehead atoms. The van der Waals surface area contributed by atoms with E-state index in [9.17, 15) is 14.4 Å². The van der Waals surface area contributed by atoms with Crippen molar-refractivity contribution in [3.63, 3.8) is 0 Å². The predicted octanol–water partition coefficient (Wildman–Crippen LogP) is 23.3. The molecule has 0 saturated carbocycles. The van der Waals surface area contributed by atoms with E-state index in [2.05, 4.69) is 142 Å². The summed E-state index contributed by atoms with van der Waals surface area (Å²) < 4.78 is 16.8. The van der Waals surface area contributed by atoms with Gasteiger partial charge in [-0.2, -0.15) is 0 Å². The van der Waals surface area contributed by atoms with Crippen molar-refractivity contribution in [2.45, 2.75) is 309 Å². The van der Waals surface area contributed by atoms with E-state index in [4.69, 9.17) is 14.2 Å². The van der Waals surface area contributed by atoms with Gasteiger partial charge in [0.2, 0.25) is 0 Å². The van der Waals surface area contributed by atoms with Gasteiger partial charge in [0.15, 0.2) is 6.10 Å². The second-order valence-corrected chi connectivity index (χ2v) is 22.0. The van der Waals surface area contributed by atoms with Crippen LogP contribution in [0.4, 0.5) is 0 Å². The van der Waals surface area contributed by atoms with Crippen LogP contribution < -0.4 is 0 Å². The molecule has 6 heteroatoms. The smallest absolute Gasteiger partial charge is 0.309 e. The van der Waals surface area contributed by atoms with Crippen LogP contribution >= 0.6 is 0 Å². The molecule has 0 aromatic rings. The number of rotatable bonds is 60. The fourth-order valence-corrected chi connectivity index (χ4v) is 9.19. The monoisotopic (exact) mass is 1120 g/mol. The molecule has 0 spiro atoms. The number of carbonyl (C=O) groups excluding carboxylic acids is 3. The number of unbranched alkanes of at least 4 members (excludes halogenated alkanes) is 28. The molecule has 0 fully saturated rings. The van der Waals surface area contributed by atoms with E-state index in [0.29, 0.717) is 6.42 Å². The maximum Gasteiger partial charge on any atom is 0.309 e. The minimum absolute atomic E-state index is 0.118. The molecule has 0 heterocycles. The van der Waals surface area contributed by atoms with Crippen LogP contribution in [0.25, 0.3) is 0 Å². The molecule has 0 aromatic heterocycles. The lowest BCUT2D eigenvalue weighted by Gasteiger charge is -2.18. The van der Waals surface area contributed by atoms with Gasteiger partial charge in [-0.15, -0.1) is 0 Å². The van der Waals surface area contributed by atoms with Crippen LogP contribution in [0.5, 0.6) is 0 Å². The summed E-state index contributed by atoms with van der Waals surface area (Å²) in [5, 5.41) is 0. The molecule has 460 valence electrons. The van der Waals surface area contributed by atoms with Crippen LogP contribution in [0, 0.1) is 0 Å². The Hall–Kier alpha value is -4.45. The lowest BCUT2D eigenvalue weighted by Crippen LogP contribution is -2.30. The highest BCUT2D eigenvalue weighted by Gasteiger charge is 2.19. The zero-order valence-electron chi connectivity index (χ0n) is 52.8. The van der Waals surface area contributed by atoms with E-state index < -0.39 is 12.1 Å². The SMILES string of the molecule is CC/C=C\C/C=C\C/C=C\C/C=C\C/C=C\CCCCCCCC(=O)OC(COC(=O)C/C=C\C/C=C\C/C=C\C/C=C\C/C=C\CC)COC(=O)CCCCCCCCCCCCCCCCC/C=C\CCCCCCCCCC. The number of carbonyl (C=O) groups is 3. The summed E-state index contributed by atoms with van der Waals surface area (Å²) in [7, 11) is 0. The lowest BCUT2D eigenvalue weighted by atomic mass is 10.0. The first-order valence-electron chi connectivity index (χ1n) is 33.7. The third kappa shape index (κ3) is 66.2. The van der Waals surface area contributed by atoms with E-state index in [1.807, 2.05) is 6.08 Å². The maximum atomic E-state index is 12.9. The Morgan fingerprint density at radius 3 is 0.877 bits per heavy atom. The molecule has 0 saturated heterocycles. The summed E-state index contributed by atoms with van der Waals surface area (Å²) in [4.78, 5) is 38.3. The second-order valence-electron chi connectivity index (χ2n) is 22.0. The molecule has 0 amide bonds. The number of esters is 3. The molecule has 81 heavy (non-hydrogen) atoms. The van der Waals surface area contributed by atoms with Crippen molar-refractivity contribution < 1.29 is 28.6 Å². The quantitative estimate of drug-likeness (QED) is 0.0261. The second kappa shape index (κ2) is 68.1. The van der Waals surface area contributed by atoms with Gasteiger partial charge in [0, 0.05) is 12.8 Å². The van der Waals surface area contributed by atoms with Crippen molar-refractivity contribution >= 4 is 17.9 Å². The Bertz CT molecular complexity index is 1720. The van der Waals surface area contributed by atoms with Gasteiger partial charge in [-0.1, -0.05) is 302 Å². The Morgan fingerprint density at radius 2 is 0.531 bits per heavy atom. The Balaban J connectivity index is 4.41. The van der Waals surface area contributed by atoms with Crippen molar-refractivity contribution in [3.05, 3.63) is 134 Å². The molecule has 6 nitrogen and oxygen atoms in total. The topological polar surface area (TPSA) is 78.9 Å². The maximum absolute atomic E-state index is 12.9. The van der Waals surface area contributed by atoms with Crippen LogP contribution in [-0.4, -0.2) is 37.2 Å². The number of hydrogen-bond acceptors (Lipinski definition) is 6. The van der Waals surface area contributed by atoms with Crippen LogP contribution in [0.2, 0.25) is 0 Å². The first kappa shape index (κ1) is 76.5. The molecule has 0 N–H and O–H groups in total. The van der Waals surface area contributed by atoms with Gasteiger partial charge in [-0.25, -0.2) is 0 Å². The van der Waals surface area contributed by atoms with Crippen molar-refractivity contribution in [2.75, 3.05) is 13.2 Å². The molecular weight excluding hydrogens is 997 g/mol. The van der Waals surface area contributed by atoms with E-state index in [1.54, 1.807) is 6.08 Å². The van der Waals surface area contributed by atoms with Gasteiger partial charge in [0.05, 0.1) is 6.42 Å². The van der Waals surface area contributed by atoms with Crippen molar-refractivity contribution in [3.8, 4) is 0 Å². The summed E-state index contributed by atoms with van der Waals surface area (Å²) in [6.45, 7) is 6.33. The largest absolute Gasteiger partial charge is 0.462 e. The molecule has 0 aliphatic carbocycles. The van der Waals surface area contributed by atoms with E-state index in [-0.39, 0.29) is 38.0 Å². The average molecular weight is 1120 g/mol. The van der Waals surface area contributed by atoms with E-state index in [1.165, 1.54) is 141 Å². The van der Waals surface area contributed by atoms with E-state index >= 15 is 0 Å². The number of hydrogen-bond donors (Lipinski definition) is 0. The highest BCUT2D eigenvalue weighted by molar-refractivity contribution is 5.72. The summed E-state index contributed by atoms with van der Waals surface area (Å²) in [5.41, 5.74) is 0.